The summed E-state index contributed by atoms with van der Waals surface area (Å²) in [4.78, 5) is 25.0. The Labute approximate surface area is 151 Å². The lowest BCUT2D eigenvalue weighted by molar-refractivity contribution is 0.0937. The topological polar surface area (TPSA) is 112 Å². The average Bonchev–Trinajstić information content (AvgIpc) is 3.10. The van der Waals surface area contributed by atoms with E-state index >= 15 is 0 Å². The molecule has 0 spiro atoms. The standard InChI is InChI=1S/C18H21N7O/c1-3-8-25-17(21-11-22-25)12(2)23-18(26)14-6-4-13(5-7-14)15-9-20-10-16(19)24-15/h4-7,9-12H,3,8H2,1-2H3,(H2,19,24)(H,23,26). The van der Waals surface area contributed by atoms with Crippen LogP contribution >= 0.6 is 0 Å². The lowest BCUT2D eigenvalue weighted by atomic mass is 10.1. The molecule has 1 atom stereocenters. The molecule has 0 saturated carbocycles. The molecule has 0 aliphatic rings. The van der Waals surface area contributed by atoms with Gasteiger partial charge in [-0.3, -0.25) is 9.78 Å². The number of anilines is 1. The zero-order valence-corrected chi connectivity index (χ0v) is 14.8. The van der Waals surface area contributed by atoms with Crippen LogP contribution in [0.5, 0.6) is 0 Å². The van der Waals surface area contributed by atoms with E-state index in [4.69, 9.17) is 5.73 Å². The molecule has 0 aliphatic carbocycles. The van der Waals surface area contributed by atoms with Gasteiger partial charge in [0.1, 0.15) is 18.0 Å². The Hall–Kier alpha value is -3.29. The summed E-state index contributed by atoms with van der Waals surface area (Å²) in [6.07, 6.45) is 5.58. The van der Waals surface area contributed by atoms with Crippen LogP contribution in [-0.4, -0.2) is 30.6 Å². The van der Waals surface area contributed by atoms with Gasteiger partial charge in [0, 0.05) is 17.7 Å². The highest BCUT2D eigenvalue weighted by Crippen LogP contribution is 2.18. The number of nitrogen functional groups attached to an aromatic ring is 1. The number of carbonyl (C=O) groups excluding carboxylic acids is 1. The van der Waals surface area contributed by atoms with Gasteiger partial charge in [-0.1, -0.05) is 19.1 Å². The zero-order chi connectivity index (χ0) is 18.5. The number of aromatic nitrogens is 5. The van der Waals surface area contributed by atoms with Crippen LogP contribution in [0.3, 0.4) is 0 Å². The number of carbonyl (C=O) groups is 1. The molecule has 3 rings (SSSR count). The Kier molecular flexibility index (Phi) is 5.21. The molecule has 1 aromatic carbocycles. The third kappa shape index (κ3) is 3.85. The van der Waals surface area contributed by atoms with Crippen LogP contribution in [0, 0.1) is 0 Å². The largest absolute Gasteiger partial charge is 0.382 e. The molecular weight excluding hydrogens is 330 g/mol. The summed E-state index contributed by atoms with van der Waals surface area (Å²) in [5.74, 6) is 0.926. The molecule has 0 radical (unpaired) electrons. The SMILES string of the molecule is CCCn1ncnc1C(C)NC(=O)c1ccc(-c2cncc(N)n2)cc1. The lowest BCUT2D eigenvalue weighted by Gasteiger charge is -2.14. The van der Waals surface area contributed by atoms with Crippen LogP contribution < -0.4 is 11.1 Å². The first-order valence-electron chi connectivity index (χ1n) is 8.45. The minimum Gasteiger partial charge on any atom is -0.382 e. The zero-order valence-electron chi connectivity index (χ0n) is 14.8. The predicted octanol–water partition coefficient (Wildman–Crippen LogP) is 2.22. The van der Waals surface area contributed by atoms with E-state index in [1.807, 2.05) is 23.7 Å². The highest BCUT2D eigenvalue weighted by atomic mass is 16.1. The second-order valence-corrected chi connectivity index (χ2v) is 5.94. The van der Waals surface area contributed by atoms with Crippen molar-refractivity contribution >= 4 is 11.7 Å². The molecule has 0 aliphatic heterocycles. The molecule has 2 heterocycles. The van der Waals surface area contributed by atoms with Gasteiger partial charge in [-0.2, -0.15) is 5.10 Å². The number of nitrogens with two attached hydrogens (primary N) is 1. The molecule has 8 heteroatoms. The van der Waals surface area contributed by atoms with Gasteiger partial charge in [-0.05, 0) is 25.5 Å². The van der Waals surface area contributed by atoms with Crippen molar-refractivity contribution in [1.82, 2.24) is 30.0 Å². The van der Waals surface area contributed by atoms with E-state index in [0.717, 1.165) is 24.4 Å². The highest BCUT2D eigenvalue weighted by molar-refractivity contribution is 5.94. The molecule has 8 nitrogen and oxygen atoms in total. The average molecular weight is 351 g/mol. The van der Waals surface area contributed by atoms with E-state index < -0.39 is 0 Å². The Morgan fingerprint density at radius 2 is 2.04 bits per heavy atom. The maximum Gasteiger partial charge on any atom is 0.251 e. The van der Waals surface area contributed by atoms with E-state index in [0.29, 0.717) is 17.1 Å². The number of nitrogens with zero attached hydrogens (tertiary/aromatic N) is 5. The molecule has 2 aromatic heterocycles. The van der Waals surface area contributed by atoms with Crippen LogP contribution in [0.25, 0.3) is 11.3 Å². The molecule has 134 valence electrons. The molecular formula is C18H21N7O. The Balaban J connectivity index is 1.71. The fraction of sp³-hybridized carbons (Fsp3) is 0.278. The number of hydrogen-bond donors (Lipinski definition) is 2. The summed E-state index contributed by atoms with van der Waals surface area (Å²) < 4.78 is 1.81. The summed E-state index contributed by atoms with van der Waals surface area (Å²) in [7, 11) is 0. The maximum absolute atomic E-state index is 12.5. The summed E-state index contributed by atoms with van der Waals surface area (Å²) >= 11 is 0. The van der Waals surface area contributed by atoms with Crippen molar-refractivity contribution in [3.05, 3.63) is 54.4 Å². The molecule has 0 fully saturated rings. The second-order valence-electron chi connectivity index (χ2n) is 5.94. The first kappa shape index (κ1) is 17.5. The monoisotopic (exact) mass is 351 g/mol. The smallest absolute Gasteiger partial charge is 0.251 e. The minimum atomic E-state index is -0.240. The number of benzene rings is 1. The fourth-order valence-electron chi connectivity index (χ4n) is 2.65. The van der Waals surface area contributed by atoms with E-state index in [1.165, 1.54) is 12.5 Å². The lowest BCUT2D eigenvalue weighted by Crippen LogP contribution is -2.29. The molecule has 0 saturated heterocycles. The minimum absolute atomic E-state index is 0.172. The van der Waals surface area contributed by atoms with Crippen LogP contribution in [0.4, 0.5) is 5.82 Å². The normalized spacial score (nSPS) is 11.9. The Morgan fingerprint density at radius 3 is 2.73 bits per heavy atom. The van der Waals surface area contributed by atoms with Crippen LogP contribution in [0.1, 0.15) is 42.5 Å². The number of amides is 1. The van der Waals surface area contributed by atoms with E-state index in [9.17, 15) is 4.79 Å². The third-order valence-electron chi connectivity index (χ3n) is 3.91. The van der Waals surface area contributed by atoms with Crippen molar-refractivity contribution in [1.29, 1.82) is 0 Å². The van der Waals surface area contributed by atoms with Crippen LogP contribution in [0.15, 0.2) is 43.0 Å². The van der Waals surface area contributed by atoms with E-state index in [-0.39, 0.29) is 11.9 Å². The maximum atomic E-state index is 12.5. The second kappa shape index (κ2) is 7.73. The van der Waals surface area contributed by atoms with Crippen molar-refractivity contribution in [2.24, 2.45) is 0 Å². The molecule has 3 N–H and O–H groups in total. The van der Waals surface area contributed by atoms with Crippen molar-refractivity contribution in [2.45, 2.75) is 32.9 Å². The quantitative estimate of drug-likeness (QED) is 0.704. The molecule has 0 bridgehead atoms. The molecule has 1 unspecified atom stereocenters. The van der Waals surface area contributed by atoms with Gasteiger partial charge in [0.15, 0.2) is 0 Å². The van der Waals surface area contributed by atoms with Gasteiger partial charge in [0.25, 0.3) is 5.91 Å². The van der Waals surface area contributed by atoms with Crippen molar-refractivity contribution in [3.8, 4) is 11.3 Å². The summed E-state index contributed by atoms with van der Waals surface area (Å²) in [5, 5.41) is 7.15. The van der Waals surface area contributed by atoms with Crippen molar-refractivity contribution in [3.63, 3.8) is 0 Å². The van der Waals surface area contributed by atoms with Gasteiger partial charge in [0.05, 0.1) is 24.1 Å². The van der Waals surface area contributed by atoms with Crippen molar-refractivity contribution < 1.29 is 4.79 Å². The summed E-state index contributed by atoms with van der Waals surface area (Å²) in [6, 6.07) is 6.90. The fourth-order valence-corrected chi connectivity index (χ4v) is 2.65. The third-order valence-corrected chi connectivity index (χ3v) is 3.91. The van der Waals surface area contributed by atoms with Gasteiger partial charge in [-0.15, -0.1) is 0 Å². The van der Waals surface area contributed by atoms with Gasteiger partial charge in [0.2, 0.25) is 0 Å². The van der Waals surface area contributed by atoms with Gasteiger partial charge >= 0.3 is 0 Å². The first-order chi connectivity index (χ1) is 12.6. The number of nitrogens with one attached hydrogen (secondary N) is 1. The molecule has 1 amide bonds. The highest BCUT2D eigenvalue weighted by Gasteiger charge is 2.16. The predicted molar refractivity (Wildman–Crippen MR) is 98.1 cm³/mol. The van der Waals surface area contributed by atoms with Crippen LogP contribution in [0.2, 0.25) is 0 Å². The van der Waals surface area contributed by atoms with Gasteiger partial charge < -0.3 is 11.1 Å². The Bertz CT molecular complexity index is 889. The summed E-state index contributed by atoms with van der Waals surface area (Å²) in [6.45, 7) is 4.73. The molecule has 3 aromatic rings. The van der Waals surface area contributed by atoms with E-state index in [2.05, 4.69) is 32.3 Å². The molecule has 26 heavy (non-hydrogen) atoms. The number of aryl methyl sites for hydroxylation is 1. The number of rotatable bonds is 6. The summed E-state index contributed by atoms with van der Waals surface area (Å²) in [5.41, 5.74) is 7.72. The first-order valence-corrected chi connectivity index (χ1v) is 8.45. The van der Waals surface area contributed by atoms with E-state index in [1.54, 1.807) is 18.3 Å². The van der Waals surface area contributed by atoms with Gasteiger partial charge in [-0.25, -0.2) is 14.6 Å². The number of hydrogen-bond acceptors (Lipinski definition) is 6. The van der Waals surface area contributed by atoms with Crippen molar-refractivity contribution in [2.75, 3.05) is 5.73 Å². The Morgan fingerprint density at radius 1 is 1.27 bits per heavy atom. The van der Waals surface area contributed by atoms with Crippen LogP contribution in [-0.2, 0) is 6.54 Å².